The summed E-state index contributed by atoms with van der Waals surface area (Å²) in [5.41, 5.74) is 2.51. The molecule has 0 aliphatic rings. The number of hydrogen-bond donors (Lipinski definition) is 0. The van der Waals surface area contributed by atoms with Gasteiger partial charge in [-0.15, -0.1) is 0 Å². The summed E-state index contributed by atoms with van der Waals surface area (Å²) in [4.78, 5) is 11.3. The summed E-state index contributed by atoms with van der Waals surface area (Å²) in [5.74, 6) is -1.81. The van der Waals surface area contributed by atoms with Gasteiger partial charge in [-0.25, -0.2) is 0 Å². The molecule has 5 heteroatoms. The molecule has 132 valence electrons. The minimum Gasteiger partial charge on any atom is -0.295 e. The molecule has 0 fully saturated rings. The highest BCUT2D eigenvalue weighted by molar-refractivity contribution is 6.32. The third-order valence-electron chi connectivity index (χ3n) is 3.97. The first-order valence-electron chi connectivity index (χ1n) is 7.72. The predicted octanol–water partition coefficient (Wildman–Crippen LogP) is 6.52. The Bertz CT molecular complexity index is 782. The standard InChI is InChI=1S/C20H18ClF3O/c1-12-10-17(11-13(2)19(12)21)18(20(22,23)24)9-6-15-4-7-16(8-5-15)14(3)25/h4-11,18H,1-3H3/b9-6+. The Morgan fingerprint density at radius 1 is 1.08 bits per heavy atom. The number of carbonyl (C=O) groups excluding carboxylic acids is 1. The van der Waals surface area contributed by atoms with Crippen molar-refractivity contribution in [1.82, 2.24) is 0 Å². The van der Waals surface area contributed by atoms with E-state index in [1.165, 1.54) is 25.1 Å². The molecule has 1 nitrogen and oxygen atoms in total. The zero-order valence-electron chi connectivity index (χ0n) is 14.1. The number of carbonyl (C=O) groups is 1. The summed E-state index contributed by atoms with van der Waals surface area (Å²) in [5, 5.41) is 0.480. The highest BCUT2D eigenvalue weighted by Crippen LogP contribution is 2.38. The number of allylic oxidation sites excluding steroid dienone is 1. The monoisotopic (exact) mass is 366 g/mol. The molecule has 0 aliphatic carbocycles. The molecule has 0 saturated heterocycles. The molecular formula is C20H18ClF3O. The molecule has 1 unspecified atom stereocenters. The molecule has 0 radical (unpaired) electrons. The van der Waals surface area contributed by atoms with E-state index in [0.717, 1.165) is 6.08 Å². The summed E-state index contributed by atoms with van der Waals surface area (Å²) >= 11 is 6.06. The lowest BCUT2D eigenvalue weighted by Crippen LogP contribution is -2.19. The van der Waals surface area contributed by atoms with Crippen molar-refractivity contribution < 1.29 is 18.0 Å². The number of Topliss-reactive ketones (excluding diaryl/α,β-unsaturated/α-hetero) is 1. The van der Waals surface area contributed by atoms with Crippen LogP contribution in [0.15, 0.2) is 42.5 Å². The van der Waals surface area contributed by atoms with Crippen LogP contribution in [0.5, 0.6) is 0 Å². The molecule has 0 heterocycles. The normalized spacial score (nSPS) is 13.2. The number of aryl methyl sites for hydroxylation is 2. The fourth-order valence-corrected chi connectivity index (χ4v) is 2.71. The van der Waals surface area contributed by atoms with Crippen LogP contribution in [0.3, 0.4) is 0 Å². The van der Waals surface area contributed by atoms with Crippen molar-refractivity contribution in [2.75, 3.05) is 0 Å². The molecule has 0 aliphatic heterocycles. The lowest BCUT2D eigenvalue weighted by atomic mass is 9.94. The first-order valence-corrected chi connectivity index (χ1v) is 8.10. The van der Waals surface area contributed by atoms with Crippen LogP contribution in [0.4, 0.5) is 13.2 Å². The van der Waals surface area contributed by atoms with Crippen LogP contribution < -0.4 is 0 Å². The molecule has 2 aromatic carbocycles. The third kappa shape index (κ3) is 4.73. The van der Waals surface area contributed by atoms with E-state index >= 15 is 0 Å². The van der Waals surface area contributed by atoms with Gasteiger partial charge in [-0.3, -0.25) is 4.79 Å². The molecule has 0 amide bonds. The van der Waals surface area contributed by atoms with Gasteiger partial charge in [0.1, 0.15) is 0 Å². The molecule has 0 N–H and O–H groups in total. The number of ketones is 1. The second-order valence-corrected chi connectivity index (χ2v) is 6.40. The van der Waals surface area contributed by atoms with E-state index in [-0.39, 0.29) is 11.3 Å². The van der Waals surface area contributed by atoms with Crippen molar-refractivity contribution >= 4 is 23.5 Å². The summed E-state index contributed by atoms with van der Waals surface area (Å²) in [6, 6.07) is 9.38. The Morgan fingerprint density at radius 2 is 1.60 bits per heavy atom. The van der Waals surface area contributed by atoms with Crippen molar-refractivity contribution in [1.29, 1.82) is 0 Å². The minimum absolute atomic E-state index is 0.0872. The summed E-state index contributed by atoms with van der Waals surface area (Å²) in [6.45, 7) is 4.82. The van der Waals surface area contributed by atoms with E-state index in [9.17, 15) is 18.0 Å². The zero-order chi connectivity index (χ0) is 18.8. The minimum atomic E-state index is -4.41. The van der Waals surface area contributed by atoms with Crippen molar-refractivity contribution in [2.45, 2.75) is 32.9 Å². The quantitative estimate of drug-likeness (QED) is 0.563. The molecule has 2 aromatic rings. The van der Waals surface area contributed by atoms with Crippen LogP contribution in [0, 0.1) is 13.8 Å². The molecule has 1 atom stereocenters. The van der Waals surface area contributed by atoms with Crippen LogP contribution in [0.25, 0.3) is 6.08 Å². The molecular weight excluding hydrogens is 349 g/mol. The topological polar surface area (TPSA) is 17.1 Å². The molecule has 0 bridgehead atoms. The van der Waals surface area contributed by atoms with Gasteiger partial charge in [0.2, 0.25) is 0 Å². The van der Waals surface area contributed by atoms with Crippen LogP contribution in [0.2, 0.25) is 5.02 Å². The summed E-state index contributed by atoms with van der Waals surface area (Å²) in [7, 11) is 0. The maximum atomic E-state index is 13.5. The number of halogens is 4. The van der Waals surface area contributed by atoms with Gasteiger partial charge in [0.05, 0.1) is 5.92 Å². The largest absolute Gasteiger partial charge is 0.399 e. The number of alkyl halides is 3. The van der Waals surface area contributed by atoms with E-state index in [2.05, 4.69) is 0 Å². The SMILES string of the molecule is CC(=O)c1ccc(/C=C/C(c2cc(C)c(Cl)c(C)c2)C(F)(F)F)cc1. The zero-order valence-corrected chi connectivity index (χ0v) is 14.9. The van der Waals surface area contributed by atoms with Gasteiger partial charge in [0, 0.05) is 10.6 Å². The van der Waals surface area contributed by atoms with Crippen LogP contribution >= 0.6 is 11.6 Å². The molecule has 25 heavy (non-hydrogen) atoms. The van der Waals surface area contributed by atoms with Crippen molar-refractivity contribution in [3.05, 3.63) is 75.3 Å². The van der Waals surface area contributed by atoms with Crippen molar-refractivity contribution in [3.63, 3.8) is 0 Å². The predicted molar refractivity (Wildman–Crippen MR) is 95.2 cm³/mol. The molecule has 0 aromatic heterocycles. The lowest BCUT2D eigenvalue weighted by molar-refractivity contribution is -0.139. The van der Waals surface area contributed by atoms with E-state index in [1.54, 1.807) is 38.1 Å². The molecule has 0 saturated carbocycles. The highest BCUT2D eigenvalue weighted by Gasteiger charge is 2.39. The van der Waals surface area contributed by atoms with Gasteiger partial charge in [-0.05, 0) is 43.0 Å². The fourth-order valence-electron chi connectivity index (χ4n) is 2.60. The highest BCUT2D eigenvalue weighted by atomic mass is 35.5. The number of hydrogen-bond acceptors (Lipinski definition) is 1. The maximum absolute atomic E-state index is 13.5. The van der Waals surface area contributed by atoms with Gasteiger partial charge in [0.15, 0.2) is 5.78 Å². The molecule has 0 spiro atoms. The van der Waals surface area contributed by atoms with Crippen molar-refractivity contribution in [3.8, 4) is 0 Å². The average molecular weight is 367 g/mol. The van der Waals surface area contributed by atoms with E-state index in [1.807, 2.05) is 0 Å². The second-order valence-electron chi connectivity index (χ2n) is 6.03. The summed E-state index contributed by atoms with van der Waals surface area (Å²) < 4.78 is 40.5. The Morgan fingerprint density at radius 3 is 2.04 bits per heavy atom. The van der Waals surface area contributed by atoms with Gasteiger partial charge >= 0.3 is 6.18 Å². The van der Waals surface area contributed by atoms with Gasteiger partial charge < -0.3 is 0 Å². The number of benzene rings is 2. The maximum Gasteiger partial charge on any atom is 0.399 e. The van der Waals surface area contributed by atoms with Crippen LogP contribution in [-0.4, -0.2) is 12.0 Å². The van der Waals surface area contributed by atoms with E-state index in [4.69, 9.17) is 11.6 Å². The molecule has 2 rings (SSSR count). The summed E-state index contributed by atoms with van der Waals surface area (Å²) in [6.07, 6.45) is -1.87. The third-order valence-corrected chi connectivity index (χ3v) is 4.57. The van der Waals surface area contributed by atoms with E-state index in [0.29, 0.717) is 27.3 Å². The Kier molecular flexibility index (Phi) is 5.73. The van der Waals surface area contributed by atoms with Crippen LogP contribution in [-0.2, 0) is 0 Å². The van der Waals surface area contributed by atoms with Crippen LogP contribution in [0.1, 0.15) is 45.5 Å². The first kappa shape index (κ1) is 19.3. The lowest BCUT2D eigenvalue weighted by Gasteiger charge is -2.19. The van der Waals surface area contributed by atoms with Crippen molar-refractivity contribution in [2.24, 2.45) is 0 Å². The second kappa shape index (κ2) is 7.44. The average Bonchev–Trinajstić information content (AvgIpc) is 2.51. The number of rotatable bonds is 4. The Balaban J connectivity index is 2.37. The first-order chi connectivity index (χ1) is 11.6. The van der Waals surface area contributed by atoms with Gasteiger partial charge in [-0.2, -0.15) is 13.2 Å². The Hall–Kier alpha value is -2.07. The van der Waals surface area contributed by atoms with Gasteiger partial charge in [-0.1, -0.05) is 60.2 Å². The fraction of sp³-hybridized carbons (Fsp3) is 0.250. The smallest absolute Gasteiger partial charge is 0.295 e. The Labute approximate surface area is 150 Å². The van der Waals surface area contributed by atoms with E-state index < -0.39 is 12.1 Å². The van der Waals surface area contributed by atoms with Gasteiger partial charge in [0.25, 0.3) is 0 Å².